The van der Waals surface area contributed by atoms with Crippen LogP contribution in [0.3, 0.4) is 0 Å². The zero-order chi connectivity index (χ0) is 18.1. The van der Waals surface area contributed by atoms with Crippen LogP contribution >= 0.6 is 0 Å². The first kappa shape index (κ1) is 19.3. The van der Waals surface area contributed by atoms with Crippen molar-refractivity contribution in [3.63, 3.8) is 0 Å². The summed E-state index contributed by atoms with van der Waals surface area (Å²) >= 11 is 0. The largest absolute Gasteiger partial charge is 1.00 e. The number of ketones is 3. The summed E-state index contributed by atoms with van der Waals surface area (Å²) in [6.45, 7) is 0. The molecule has 27 heavy (non-hydrogen) atoms. The minimum absolute atomic E-state index is 0. The molecule has 0 saturated carbocycles. The van der Waals surface area contributed by atoms with Gasteiger partial charge in [-0.2, -0.15) is 0 Å². The van der Waals surface area contributed by atoms with Crippen LogP contribution < -0.4 is 29.6 Å². The number of hydrogen-bond acceptors (Lipinski definition) is 3. The van der Waals surface area contributed by atoms with Gasteiger partial charge in [0.1, 0.15) is 5.78 Å². The van der Waals surface area contributed by atoms with Gasteiger partial charge in [-0.3, -0.25) is 0 Å². The monoisotopic (exact) mass is 362 g/mol. The van der Waals surface area contributed by atoms with Crippen LogP contribution in [-0.4, -0.2) is 17.3 Å². The molecule has 1 aliphatic rings. The van der Waals surface area contributed by atoms with Crippen molar-refractivity contribution in [3.05, 3.63) is 113 Å². The van der Waals surface area contributed by atoms with E-state index in [4.69, 9.17) is 0 Å². The number of fused-ring (bicyclic) bond motifs is 1. The van der Waals surface area contributed by atoms with Gasteiger partial charge in [-0.15, -0.1) is 23.3 Å². The Labute approximate surface area is 179 Å². The van der Waals surface area contributed by atoms with Crippen molar-refractivity contribution < 1.29 is 43.9 Å². The molecule has 3 aromatic carbocycles. The average molecular weight is 362 g/mol. The van der Waals surface area contributed by atoms with Crippen molar-refractivity contribution in [2.75, 3.05) is 0 Å². The molecule has 126 valence electrons. The second-order valence-electron chi connectivity index (χ2n) is 6.20. The van der Waals surface area contributed by atoms with Gasteiger partial charge >= 0.3 is 29.6 Å². The molecule has 0 unspecified atom stereocenters. The maximum atomic E-state index is 13.4. The summed E-state index contributed by atoms with van der Waals surface area (Å²) in [6, 6.07) is 25.0. The summed E-state index contributed by atoms with van der Waals surface area (Å²) < 4.78 is 0. The molecule has 0 heterocycles. The van der Waals surface area contributed by atoms with Gasteiger partial charge in [0.2, 0.25) is 0 Å². The normalized spacial score (nSPS) is 12.7. The molecular formula is C23H15NaO3. The van der Waals surface area contributed by atoms with Gasteiger partial charge in [-0.05, 0) is 11.1 Å². The second-order valence-corrected chi connectivity index (χ2v) is 6.20. The van der Waals surface area contributed by atoms with Crippen LogP contribution in [0, 0.1) is 5.92 Å². The van der Waals surface area contributed by atoms with Gasteiger partial charge in [-0.25, -0.2) is 0 Å². The van der Waals surface area contributed by atoms with Crippen LogP contribution in [0.5, 0.6) is 0 Å². The Balaban J connectivity index is 0.00000210. The molecule has 0 amide bonds. The van der Waals surface area contributed by atoms with Crippen LogP contribution in [0.4, 0.5) is 0 Å². The molecule has 4 heteroatoms. The van der Waals surface area contributed by atoms with Crippen molar-refractivity contribution in [2.24, 2.45) is 0 Å². The summed E-state index contributed by atoms with van der Waals surface area (Å²) in [7, 11) is 0. The molecule has 0 N–H and O–H groups in total. The van der Waals surface area contributed by atoms with Crippen molar-refractivity contribution in [1.82, 2.24) is 0 Å². The summed E-state index contributed by atoms with van der Waals surface area (Å²) in [4.78, 5) is 38.8. The van der Waals surface area contributed by atoms with Crippen molar-refractivity contribution in [3.8, 4) is 0 Å². The molecule has 1 aliphatic carbocycles. The first-order valence-corrected chi connectivity index (χ1v) is 8.38. The first-order chi connectivity index (χ1) is 12.7. The van der Waals surface area contributed by atoms with E-state index in [1.807, 2.05) is 60.7 Å². The van der Waals surface area contributed by atoms with Gasteiger partial charge in [0, 0.05) is 5.92 Å². The minimum Gasteiger partial charge on any atom is -0.318 e. The fourth-order valence-corrected chi connectivity index (χ4v) is 3.41. The molecule has 0 fully saturated rings. The average Bonchev–Trinajstić information content (AvgIpc) is 2.95. The fraction of sp³-hybridized carbons (Fsp3) is 0.0435. The summed E-state index contributed by atoms with van der Waals surface area (Å²) in [6.07, 6.45) is 0. The number of rotatable bonds is 4. The zero-order valence-electron chi connectivity index (χ0n) is 14.9. The summed E-state index contributed by atoms with van der Waals surface area (Å²) in [5.41, 5.74) is 2.13. The Hall–Kier alpha value is -2.46. The third-order valence-electron chi connectivity index (χ3n) is 4.64. The third kappa shape index (κ3) is 3.42. The van der Waals surface area contributed by atoms with Crippen molar-refractivity contribution in [2.45, 2.75) is 5.92 Å². The van der Waals surface area contributed by atoms with Crippen LogP contribution in [-0.2, 0) is 4.79 Å². The minimum atomic E-state index is -0.686. The Bertz CT molecular complexity index is 922. The predicted molar refractivity (Wildman–Crippen MR) is 98.1 cm³/mol. The van der Waals surface area contributed by atoms with E-state index in [1.54, 1.807) is 24.3 Å². The molecule has 0 saturated heterocycles. The standard InChI is InChI=1S/C23H15O3.Na/c24-21-17-13-7-8-14-18(17)22(25)20(21)23(26)19(15-9-3-1-4-10-15)16-11-5-2-6-12-16;/h1-14,19H;/q-1;+1. The van der Waals surface area contributed by atoms with E-state index in [0.29, 0.717) is 11.1 Å². The smallest absolute Gasteiger partial charge is 0.318 e. The van der Waals surface area contributed by atoms with Gasteiger partial charge in [0.25, 0.3) is 0 Å². The Kier molecular flexibility index (Phi) is 5.76. The number of hydrogen-bond donors (Lipinski definition) is 0. The van der Waals surface area contributed by atoms with E-state index in [0.717, 1.165) is 11.1 Å². The van der Waals surface area contributed by atoms with Gasteiger partial charge in [0.05, 0.1) is 17.5 Å². The topological polar surface area (TPSA) is 51.2 Å². The molecule has 0 radical (unpaired) electrons. The maximum absolute atomic E-state index is 13.4. The Morgan fingerprint density at radius 1 is 0.630 bits per heavy atom. The van der Waals surface area contributed by atoms with E-state index in [9.17, 15) is 14.4 Å². The molecule has 0 bridgehead atoms. The Morgan fingerprint density at radius 2 is 1.00 bits per heavy atom. The van der Waals surface area contributed by atoms with E-state index < -0.39 is 23.3 Å². The van der Waals surface area contributed by atoms with Gasteiger partial charge < -0.3 is 14.4 Å². The van der Waals surface area contributed by atoms with Crippen molar-refractivity contribution in [1.29, 1.82) is 0 Å². The summed E-state index contributed by atoms with van der Waals surface area (Å²) in [5, 5.41) is 0. The summed E-state index contributed by atoms with van der Waals surface area (Å²) in [5.74, 6) is -2.34. The van der Waals surface area contributed by atoms with Crippen LogP contribution in [0.15, 0.2) is 84.9 Å². The van der Waals surface area contributed by atoms with Crippen LogP contribution in [0.25, 0.3) is 0 Å². The zero-order valence-corrected chi connectivity index (χ0v) is 16.9. The van der Waals surface area contributed by atoms with E-state index in [1.165, 1.54) is 0 Å². The number of Topliss-reactive ketones (excluding diaryl/α,β-unsaturated/α-hetero) is 3. The first-order valence-electron chi connectivity index (χ1n) is 8.38. The van der Waals surface area contributed by atoms with Crippen LogP contribution in [0.1, 0.15) is 37.8 Å². The predicted octanol–water partition coefficient (Wildman–Crippen LogP) is 1.05. The SMILES string of the molecule is O=C1c2ccccc2C(=O)[C-]1C(=O)C(c1ccccc1)c1ccccc1.[Na+]. The maximum Gasteiger partial charge on any atom is 1.00 e. The van der Waals surface area contributed by atoms with Crippen LogP contribution in [0.2, 0.25) is 0 Å². The molecule has 0 aromatic heterocycles. The van der Waals surface area contributed by atoms with E-state index in [2.05, 4.69) is 0 Å². The fourth-order valence-electron chi connectivity index (χ4n) is 3.41. The van der Waals surface area contributed by atoms with Gasteiger partial charge in [-0.1, -0.05) is 72.8 Å². The second kappa shape index (κ2) is 8.05. The molecule has 3 nitrogen and oxygen atoms in total. The van der Waals surface area contributed by atoms with Crippen molar-refractivity contribution >= 4 is 17.3 Å². The molecule has 0 spiro atoms. The number of carbonyl (C=O) groups is 3. The molecular weight excluding hydrogens is 347 g/mol. The van der Waals surface area contributed by atoms with E-state index in [-0.39, 0.29) is 35.5 Å². The van der Waals surface area contributed by atoms with Gasteiger partial charge in [0.15, 0.2) is 0 Å². The number of benzene rings is 3. The quantitative estimate of drug-likeness (QED) is 0.515. The number of carbonyl (C=O) groups excluding carboxylic acids is 3. The molecule has 0 aliphatic heterocycles. The molecule has 0 atom stereocenters. The Morgan fingerprint density at radius 3 is 1.41 bits per heavy atom. The molecule has 3 aromatic rings. The third-order valence-corrected chi connectivity index (χ3v) is 4.64. The van der Waals surface area contributed by atoms with E-state index >= 15 is 0 Å². The molecule has 4 rings (SSSR count).